The molecule has 0 saturated heterocycles. The maximum absolute atomic E-state index is 13.5. The van der Waals surface area contributed by atoms with Crippen LogP contribution >= 0.6 is 11.8 Å². The average molecular weight is 488 g/mol. The van der Waals surface area contributed by atoms with Gasteiger partial charge in [0, 0.05) is 31.5 Å². The van der Waals surface area contributed by atoms with Crippen molar-refractivity contribution in [2.24, 2.45) is 0 Å². The minimum absolute atomic E-state index is 0.0938. The van der Waals surface area contributed by atoms with Gasteiger partial charge in [0.25, 0.3) is 11.5 Å². The van der Waals surface area contributed by atoms with Gasteiger partial charge in [-0.3, -0.25) is 14.2 Å². The second-order valence-electron chi connectivity index (χ2n) is 8.34. The van der Waals surface area contributed by atoms with E-state index in [1.807, 2.05) is 18.2 Å². The lowest BCUT2D eigenvalue weighted by Gasteiger charge is -2.14. The van der Waals surface area contributed by atoms with E-state index < -0.39 is 0 Å². The van der Waals surface area contributed by atoms with E-state index in [1.54, 1.807) is 29.9 Å². The highest BCUT2D eigenvalue weighted by Gasteiger charge is 2.14. The lowest BCUT2D eigenvalue weighted by molar-refractivity contribution is 0.0937. The number of hydrogen-bond donors (Lipinski definition) is 1. The Labute approximate surface area is 209 Å². The molecule has 0 unspecified atom stereocenters. The second kappa shape index (κ2) is 11.8. The summed E-state index contributed by atoms with van der Waals surface area (Å²) in [6, 6.07) is 23.5. The van der Waals surface area contributed by atoms with E-state index >= 15 is 0 Å². The molecule has 0 bridgehead atoms. The van der Waals surface area contributed by atoms with Gasteiger partial charge >= 0.3 is 0 Å². The summed E-state index contributed by atoms with van der Waals surface area (Å²) in [5.74, 6) is 0.480. The number of hydrogen-bond acceptors (Lipinski definition) is 5. The number of nitrogens with one attached hydrogen (secondary N) is 1. The van der Waals surface area contributed by atoms with E-state index in [-0.39, 0.29) is 11.5 Å². The van der Waals surface area contributed by atoms with Crippen LogP contribution in [-0.2, 0) is 23.5 Å². The molecule has 0 aliphatic rings. The number of thioether (sulfide) groups is 1. The van der Waals surface area contributed by atoms with E-state index in [1.165, 1.54) is 17.3 Å². The molecule has 0 fully saturated rings. The lowest BCUT2D eigenvalue weighted by atomic mass is 10.1. The molecule has 1 N–H and O–H groups in total. The maximum Gasteiger partial charge on any atom is 0.262 e. The van der Waals surface area contributed by atoms with Crippen LogP contribution in [-0.4, -0.2) is 35.7 Å². The summed E-state index contributed by atoms with van der Waals surface area (Å²) in [6.45, 7) is 3.44. The smallest absolute Gasteiger partial charge is 0.262 e. The molecule has 0 saturated carbocycles. The van der Waals surface area contributed by atoms with Gasteiger partial charge in [-0.1, -0.05) is 71.9 Å². The van der Waals surface area contributed by atoms with E-state index in [2.05, 4.69) is 48.6 Å². The van der Waals surface area contributed by atoms with Gasteiger partial charge in [0.2, 0.25) is 0 Å². The number of carbonyl (C=O) groups excluding carboxylic acids is 1. The van der Waals surface area contributed by atoms with Gasteiger partial charge in [-0.2, -0.15) is 0 Å². The number of ether oxygens (including phenoxy) is 1. The van der Waals surface area contributed by atoms with Crippen molar-refractivity contribution in [3.8, 4) is 0 Å². The molecular weight excluding hydrogens is 458 g/mol. The molecule has 4 aromatic rings. The molecule has 1 aromatic heterocycles. The number of benzene rings is 3. The van der Waals surface area contributed by atoms with Gasteiger partial charge in [0.15, 0.2) is 5.16 Å². The van der Waals surface area contributed by atoms with Gasteiger partial charge in [-0.25, -0.2) is 4.98 Å². The number of aromatic nitrogens is 2. The zero-order chi connectivity index (χ0) is 24.6. The van der Waals surface area contributed by atoms with Crippen LogP contribution in [0, 0.1) is 6.92 Å². The molecule has 35 heavy (non-hydrogen) atoms. The second-order valence-corrected chi connectivity index (χ2v) is 9.28. The summed E-state index contributed by atoms with van der Waals surface area (Å²) < 4.78 is 6.75. The molecule has 6 nitrogen and oxygen atoms in total. The number of carbonyl (C=O) groups is 1. The molecule has 4 rings (SSSR count). The Hall–Kier alpha value is -3.42. The number of amides is 1. The predicted molar refractivity (Wildman–Crippen MR) is 141 cm³/mol. The number of aryl methyl sites for hydroxylation is 2. The average Bonchev–Trinajstić information content (AvgIpc) is 2.88. The Kier molecular flexibility index (Phi) is 8.34. The zero-order valence-electron chi connectivity index (χ0n) is 20.0. The minimum atomic E-state index is -0.215. The lowest BCUT2D eigenvalue weighted by Crippen LogP contribution is -2.27. The molecule has 0 aliphatic heterocycles. The van der Waals surface area contributed by atoms with E-state index in [4.69, 9.17) is 9.72 Å². The molecule has 3 aromatic carbocycles. The molecule has 0 atom stereocenters. The highest BCUT2D eigenvalue weighted by atomic mass is 32.2. The third-order valence-corrected chi connectivity index (χ3v) is 6.78. The van der Waals surface area contributed by atoms with Gasteiger partial charge in [-0.05, 0) is 42.7 Å². The quantitative estimate of drug-likeness (QED) is 0.201. The molecular formula is C28H29N3O3S. The summed E-state index contributed by atoms with van der Waals surface area (Å²) in [5, 5.41) is 3.97. The fourth-order valence-corrected chi connectivity index (χ4v) is 4.72. The van der Waals surface area contributed by atoms with Crippen molar-refractivity contribution in [1.82, 2.24) is 14.9 Å². The Balaban J connectivity index is 1.66. The van der Waals surface area contributed by atoms with Crippen LogP contribution in [0.1, 0.15) is 27.0 Å². The molecule has 180 valence electrons. The normalized spacial score (nSPS) is 11.0. The summed E-state index contributed by atoms with van der Waals surface area (Å²) in [7, 11) is 1.59. The van der Waals surface area contributed by atoms with Crippen molar-refractivity contribution in [3.05, 3.63) is 105 Å². The Morgan fingerprint density at radius 3 is 2.54 bits per heavy atom. The molecule has 0 spiro atoms. The Morgan fingerprint density at radius 2 is 1.80 bits per heavy atom. The van der Waals surface area contributed by atoms with Crippen LogP contribution in [0.25, 0.3) is 10.9 Å². The van der Waals surface area contributed by atoms with E-state index in [9.17, 15) is 9.59 Å². The van der Waals surface area contributed by atoms with E-state index in [0.29, 0.717) is 47.1 Å². The van der Waals surface area contributed by atoms with Crippen molar-refractivity contribution < 1.29 is 9.53 Å². The number of methoxy groups -OCH3 is 1. The van der Waals surface area contributed by atoms with Crippen molar-refractivity contribution in [3.63, 3.8) is 0 Å². The van der Waals surface area contributed by atoms with Crippen LogP contribution in [0.2, 0.25) is 0 Å². The summed E-state index contributed by atoms with van der Waals surface area (Å²) in [4.78, 5) is 30.9. The van der Waals surface area contributed by atoms with Crippen molar-refractivity contribution in [2.75, 3.05) is 20.3 Å². The third kappa shape index (κ3) is 6.38. The first-order valence-electron chi connectivity index (χ1n) is 11.6. The van der Waals surface area contributed by atoms with Crippen LogP contribution in [0.5, 0.6) is 0 Å². The third-order valence-electron chi connectivity index (χ3n) is 5.73. The topological polar surface area (TPSA) is 73.2 Å². The first-order chi connectivity index (χ1) is 17.0. The Bertz CT molecular complexity index is 1350. The van der Waals surface area contributed by atoms with Crippen LogP contribution < -0.4 is 10.9 Å². The van der Waals surface area contributed by atoms with E-state index in [0.717, 1.165) is 17.5 Å². The molecule has 1 heterocycles. The largest absolute Gasteiger partial charge is 0.383 e. The Morgan fingerprint density at radius 1 is 1.03 bits per heavy atom. The first kappa shape index (κ1) is 24.7. The highest BCUT2D eigenvalue weighted by Crippen LogP contribution is 2.23. The summed E-state index contributed by atoms with van der Waals surface area (Å²) in [6.07, 6.45) is 0.728. The van der Waals surface area contributed by atoms with Crippen LogP contribution in [0.4, 0.5) is 0 Å². The molecule has 7 heteroatoms. The molecule has 0 aliphatic carbocycles. The fraction of sp³-hybridized carbons (Fsp3) is 0.250. The van der Waals surface area contributed by atoms with Gasteiger partial charge in [0.1, 0.15) is 0 Å². The van der Waals surface area contributed by atoms with Crippen molar-refractivity contribution in [2.45, 2.75) is 30.8 Å². The monoisotopic (exact) mass is 487 g/mol. The van der Waals surface area contributed by atoms with Crippen LogP contribution in [0.15, 0.2) is 82.7 Å². The predicted octanol–water partition coefficient (Wildman–Crippen LogP) is 4.62. The van der Waals surface area contributed by atoms with Gasteiger partial charge < -0.3 is 10.1 Å². The SMILES string of the molecule is COCCNC(=O)c1ccc2c(=O)n(CCc3ccccc3)c(SCc3ccc(C)cc3)nc2c1. The van der Waals surface area contributed by atoms with Crippen LogP contribution in [0.3, 0.4) is 0 Å². The summed E-state index contributed by atoms with van der Waals surface area (Å²) >= 11 is 1.54. The highest BCUT2D eigenvalue weighted by molar-refractivity contribution is 7.98. The zero-order valence-corrected chi connectivity index (χ0v) is 20.8. The molecule has 0 radical (unpaired) electrons. The van der Waals surface area contributed by atoms with Gasteiger partial charge in [0.05, 0.1) is 17.5 Å². The minimum Gasteiger partial charge on any atom is -0.383 e. The van der Waals surface area contributed by atoms with Gasteiger partial charge in [-0.15, -0.1) is 0 Å². The van der Waals surface area contributed by atoms with Crippen molar-refractivity contribution >= 4 is 28.6 Å². The standard InChI is InChI=1S/C28H29N3O3S/c1-20-8-10-22(11-9-20)19-35-28-30-25-18-23(26(32)29-15-17-34-2)12-13-24(25)27(33)31(28)16-14-21-6-4-3-5-7-21/h3-13,18H,14-17,19H2,1-2H3,(H,29,32). The fourth-order valence-electron chi connectivity index (χ4n) is 3.74. The maximum atomic E-state index is 13.5. The van der Waals surface area contributed by atoms with Crippen molar-refractivity contribution in [1.29, 1.82) is 0 Å². The summed E-state index contributed by atoms with van der Waals surface area (Å²) in [5.41, 5.74) is 4.43. The number of rotatable bonds is 10. The molecule has 1 amide bonds. The number of nitrogens with zero attached hydrogens (tertiary/aromatic N) is 2. The first-order valence-corrected chi connectivity index (χ1v) is 12.6. The number of fused-ring (bicyclic) bond motifs is 1.